The molecule has 132 valence electrons. The van der Waals surface area contributed by atoms with Gasteiger partial charge in [0, 0.05) is 30.5 Å². The Bertz CT molecular complexity index is 970. The van der Waals surface area contributed by atoms with Crippen LogP contribution in [-0.2, 0) is 6.54 Å². The summed E-state index contributed by atoms with van der Waals surface area (Å²) in [5.41, 5.74) is 6.68. The van der Waals surface area contributed by atoms with E-state index < -0.39 is 0 Å². The second kappa shape index (κ2) is 6.49. The van der Waals surface area contributed by atoms with E-state index in [1.807, 2.05) is 36.1 Å². The molecule has 0 N–H and O–H groups in total. The van der Waals surface area contributed by atoms with Crippen LogP contribution in [0.2, 0.25) is 0 Å². The molecule has 2 heterocycles. The van der Waals surface area contributed by atoms with Crippen molar-refractivity contribution < 1.29 is 4.79 Å². The third-order valence-electron chi connectivity index (χ3n) is 5.39. The maximum Gasteiger partial charge on any atom is 0.255 e. The summed E-state index contributed by atoms with van der Waals surface area (Å²) < 4.78 is 2.27. The number of rotatable bonds is 2. The lowest BCUT2D eigenvalue weighted by Crippen LogP contribution is -2.42. The van der Waals surface area contributed by atoms with Crippen LogP contribution in [0, 0.1) is 20.8 Å². The first kappa shape index (κ1) is 16.6. The Morgan fingerprint density at radius 2 is 1.73 bits per heavy atom. The van der Waals surface area contributed by atoms with Crippen molar-refractivity contribution >= 4 is 5.91 Å². The molecule has 0 saturated heterocycles. The van der Waals surface area contributed by atoms with Gasteiger partial charge in [-0.3, -0.25) is 4.79 Å². The van der Waals surface area contributed by atoms with E-state index in [4.69, 9.17) is 0 Å². The summed E-state index contributed by atoms with van der Waals surface area (Å²) in [6.07, 6.45) is 2.11. The van der Waals surface area contributed by atoms with Gasteiger partial charge in [-0.05, 0) is 55.7 Å². The van der Waals surface area contributed by atoms with Crippen LogP contribution >= 0.6 is 0 Å². The lowest BCUT2D eigenvalue weighted by molar-refractivity contribution is 0.0663. The molecule has 1 atom stereocenters. The highest BCUT2D eigenvalue weighted by molar-refractivity contribution is 5.96. The first-order valence-electron chi connectivity index (χ1n) is 9.15. The molecule has 2 aromatic carbocycles. The van der Waals surface area contributed by atoms with Gasteiger partial charge in [0.15, 0.2) is 0 Å². The summed E-state index contributed by atoms with van der Waals surface area (Å²) in [7, 11) is 0. The highest BCUT2D eigenvalue weighted by Gasteiger charge is 2.33. The number of aryl methyl sites for hydroxylation is 3. The van der Waals surface area contributed by atoms with Gasteiger partial charge in [-0.2, -0.15) is 0 Å². The molecule has 0 radical (unpaired) electrons. The van der Waals surface area contributed by atoms with E-state index in [0.717, 1.165) is 17.7 Å². The smallest absolute Gasteiger partial charge is 0.255 e. The van der Waals surface area contributed by atoms with E-state index >= 15 is 0 Å². The van der Waals surface area contributed by atoms with E-state index in [0.29, 0.717) is 6.54 Å². The number of carbonyl (C=O) groups is 1. The van der Waals surface area contributed by atoms with Gasteiger partial charge in [-0.25, -0.2) is 0 Å². The number of fused-ring (bicyclic) bond motifs is 1. The molecule has 0 spiro atoms. The summed E-state index contributed by atoms with van der Waals surface area (Å²) in [6, 6.07) is 18.6. The molecule has 26 heavy (non-hydrogen) atoms. The van der Waals surface area contributed by atoms with Crippen molar-refractivity contribution in [1.82, 2.24) is 9.47 Å². The number of nitrogens with zero attached hydrogens (tertiary/aromatic N) is 2. The van der Waals surface area contributed by atoms with Crippen molar-refractivity contribution in [2.24, 2.45) is 0 Å². The molecule has 1 aliphatic rings. The molecular weight excluding hydrogens is 320 g/mol. The molecule has 0 aliphatic carbocycles. The lowest BCUT2D eigenvalue weighted by atomic mass is 9.93. The molecule has 4 rings (SSSR count). The van der Waals surface area contributed by atoms with Crippen molar-refractivity contribution in [1.29, 1.82) is 0 Å². The zero-order valence-corrected chi connectivity index (χ0v) is 15.6. The number of aromatic nitrogens is 1. The molecule has 0 unspecified atom stereocenters. The van der Waals surface area contributed by atoms with Crippen molar-refractivity contribution in [3.8, 4) is 0 Å². The van der Waals surface area contributed by atoms with Crippen LogP contribution in [0.4, 0.5) is 0 Å². The Labute approximate surface area is 154 Å². The molecule has 0 saturated carbocycles. The summed E-state index contributed by atoms with van der Waals surface area (Å²) in [5.74, 6) is 0.112. The number of carbonyl (C=O) groups excluding carboxylic acids is 1. The van der Waals surface area contributed by atoms with Crippen molar-refractivity contribution in [3.63, 3.8) is 0 Å². The standard InChI is InChI=1S/C23H24N2O/c1-16-10-11-19(18(3)15-16)22-21-9-6-12-24(21)13-14-25(22)23(26)20-8-5-4-7-17(20)2/h4-12,15,22H,13-14H2,1-3H3/t22-/m0/s1. The summed E-state index contributed by atoms with van der Waals surface area (Å²) in [6.45, 7) is 7.80. The van der Waals surface area contributed by atoms with E-state index in [1.165, 1.54) is 22.4 Å². The van der Waals surface area contributed by atoms with Crippen LogP contribution in [0.3, 0.4) is 0 Å². The Balaban J connectivity index is 1.83. The summed E-state index contributed by atoms with van der Waals surface area (Å²) in [4.78, 5) is 15.5. The molecule has 0 fully saturated rings. The van der Waals surface area contributed by atoms with Crippen LogP contribution in [0.15, 0.2) is 60.8 Å². The van der Waals surface area contributed by atoms with Crippen LogP contribution in [-0.4, -0.2) is 21.9 Å². The number of benzene rings is 2. The van der Waals surface area contributed by atoms with Gasteiger partial charge in [0.05, 0.1) is 6.04 Å². The van der Waals surface area contributed by atoms with Crippen LogP contribution in [0.1, 0.15) is 44.3 Å². The predicted molar refractivity (Wildman–Crippen MR) is 104 cm³/mol. The average molecular weight is 344 g/mol. The summed E-state index contributed by atoms with van der Waals surface area (Å²) in [5, 5.41) is 0. The summed E-state index contributed by atoms with van der Waals surface area (Å²) >= 11 is 0. The van der Waals surface area contributed by atoms with Gasteiger partial charge in [0.2, 0.25) is 0 Å². The third kappa shape index (κ3) is 2.74. The van der Waals surface area contributed by atoms with Gasteiger partial charge in [-0.1, -0.05) is 42.0 Å². The topological polar surface area (TPSA) is 25.2 Å². The van der Waals surface area contributed by atoms with Gasteiger partial charge in [-0.15, -0.1) is 0 Å². The van der Waals surface area contributed by atoms with E-state index in [1.54, 1.807) is 0 Å². The molecule has 1 aromatic heterocycles. The Hall–Kier alpha value is -2.81. The molecule has 1 aliphatic heterocycles. The Kier molecular flexibility index (Phi) is 4.15. The molecular formula is C23H24N2O. The van der Waals surface area contributed by atoms with Crippen LogP contribution < -0.4 is 0 Å². The predicted octanol–water partition coefficient (Wildman–Crippen LogP) is 4.66. The van der Waals surface area contributed by atoms with Crippen molar-refractivity contribution in [2.45, 2.75) is 33.4 Å². The monoisotopic (exact) mass is 344 g/mol. The highest BCUT2D eigenvalue weighted by atomic mass is 16.2. The third-order valence-corrected chi connectivity index (χ3v) is 5.39. The molecule has 3 aromatic rings. The molecule has 1 amide bonds. The van der Waals surface area contributed by atoms with E-state index in [2.05, 4.69) is 54.9 Å². The Morgan fingerprint density at radius 3 is 2.50 bits per heavy atom. The zero-order valence-electron chi connectivity index (χ0n) is 15.6. The average Bonchev–Trinajstić information content (AvgIpc) is 3.10. The number of hydrogen-bond donors (Lipinski definition) is 0. The van der Waals surface area contributed by atoms with Crippen LogP contribution in [0.25, 0.3) is 0 Å². The van der Waals surface area contributed by atoms with Gasteiger partial charge in [0.1, 0.15) is 0 Å². The van der Waals surface area contributed by atoms with Gasteiger partial charge in [0.25, 0.3) is 5.91 Å². The zero-order chi connectivity index (χ0) is 18.3. The first-order chi connectivity index (χ1) is 12.6. The molecule has 3 nitrogen and oxygen atoms in total. The highest BCUT2D eigenvalue weighted by Crippen LogP contribution is 2.35. The van der Waals surface area contributed by atoms with Gasteiger partial charge >= 0.3 is 0 Å². The van der Waals surface area contributed by atoms with E-state index in [9.17, 15) is 4.79 Å². The molecule has 3 heteroatoms. The second-order valence-electron chi connectivity index (χ2n) is 7.20. The lowest BCUT2D eigenvalue weighted by Gasteiger charge is -2.38. The number of amides is 1. The minimum atomic E-state index is -0.0496. The van der Waals surface area contributed by atoms with Gasteiger partial charge < -0.3 is 9.47 Å². The second-order valence-corrected chi connectivity index (χ2v) is 7.20. The fraction of sp³-hybridized carbons (Fsp3) is 0.261. The normalized spacial score (nSPS) is 16.4. The quantitative estimate of drug-likeness (QED) is 0.664. The largest absolute Gasteiger partial charge is 0.348 e. The van der Waals surface area contributed by atoms with Crippen molar-refractivity contribution in [3.05, 3.63) is 94.3 Å². The fourth-order valence-corrected chi connectivity index (χ4v) is 4.03. The fourth-order valence-electron chi connectivity index (χ4n) is 4.03. The minimum Gasteiger partial charge on any atom is -0.348 e. The first-order valence-corrected chi connectivity index (χ1v) is 9.15. The SMILES string of the molecule is Cc1ccc([C@H]2c3cccn3CCN2C(=O)c2ccccc2C)c(C)c1. The minimum absolute atomic E-state index is 0.0496. The van der Waals surface area contributed by atoms with E-state index in [-0.39, 0.29) is 11.9 Å². The van der Waals surface area contributed by atoms with Crippen molar-refractivity contribution in [2.75, 3.05) is 6.54 Å². The molecule has 0 bridgehead atoms. The van der Waals surface area contributed by atoms with Crippen LogP contribution in [0.5, 0.6) is 0 Å². The Morgan fingerprint density at radius 1 is 0.923 bits per heavy atom. The number of hydrogen-bond acceptors (Lipinski definition) is 1. The maximum absolute atomic E-state index is 13.4. The maximum atomic E-state index is 13.4.